The molecular weight excluding hydrogens is 242 g/mol. The van der Waals surface area contributed by atoms with Crippen LogP contribution in [0, 0.1) is 0 Å². The van der Waals surface area contributed by atoms with Crippen LogP contribution in [-0.4, -0.2) is 35.6 Å². The fourth-order valence-electron chi connectivity index (χ4n) is 2.03. The largest absolute Gasteiger partial charge is 0.307 e. The smallest absolute Gasteiger partial charge is 0.148 e. The number of nitrogens with zero attached hydrogens (tertiary/aromatic N) is 6. The molecular formula is C12H19N7. The Bertz CT molecular complexity index is 538. The predicted octanol–water partition coefficient (Wildman–Crippen LogP) is 0.751. The van der Waals surface area contributed by atoms with Gasteiger partial charge in [0.1, 0.15) is 30.8 Å². The first-order valence-electron chi connectivity index (χ1n) is 6.72. The van der Waals surface area contributed by atoms with Crippen LogP contribution >= 0.6 is 0 Å². The Kier molecular flexibility index (Phi) is 3.29. The molecule has 0 unspecified atom stereocenters. The zero-order valence-electron chi connectivity index (χ0n) is 11.3. The third-order valence-corrected chi connectivity index (χ3v) is 3.25. The van der Waals surface area contributed by atoms with Gasteiger partial charge in [-0.2, -0.15) is 10.2 Å². The van der Waals surface area contributed by atoms with E-state index in [1.54, 1.807) is 12.7 Å². The molecule has 0 aromatic carbocycles. The third kappa shape index (κ3) is 2.81. The molecule has 7 heteroatoms. The summed E-state index contributed by atoms with van der Waals surface area (Å²) in [7, 11) is 0. The van der Waals surface area contributed by atoms with Gasteiger partial charge in [0.25, 0.3) is 0 Å². The average molecular weight is 261 g/mol. The van der Waals surface area contributed by atoms with Gasteiger partial charge in [-0.3, -0.25) is 0 Å². The molecule has 0 aliphatic heterocycles. The molecule has 1 N–H and O–H groups in total. The number of aromatic nitrogens is 6. The average Bonchev–Trinajstić information content (AvgIpc) is 2.92. The highest BCUT2D eigenvalue weighted by Gasteiger charge is 2.21. The lowest BCUT2D eigenvalue weighted by atomic mass is 10.4. The molecule has 0 saturated heterocycles. The Morgan fingerprint density at radius 3 is 2.68 bits per heavy atom. The normalized spacial score (nSPS) is 15.3. The molecule has 0 amide bonds. The monoisotopic (exact) mass is 261 g/mol. The molecule has 19 heavy (non-hydrogen) atoms. The molecule has 1 saturated carbocycles. The van der Waals surface area contributed by atoms with Crippen molar-refractivity contribution in [3.8, 4) is 0 Å². The standard InChI is InChI=1S/C12H19N7/c1-9(2)19-12(15-8-17-19)6-18-11(14-7-16-18)5-13-10-3-4-10/h7-10,13H,3-6H2,1-2H3. The molecule has 0 spiro atoms. The molecule has 7 nitrogen and oxygen atoms in total. The molecule has 2 aromatic heterocycles. The van der Waals surface area contributed by atoms with Crippen molar-refractivity contribution in [3.63, 3.8) is 0 Å². The Balaban J connectivity index is 1.71. The summed E-state index contributed by atoms with van der Waals surface area (Å²) < 4.78 is 3.80. The number of nitrogens with one attached hydrogen (secondary N) is 1. The van der Waals surface area contributed by atoms with Gasteiger partial charge in [-0.15, -0.1) is 0 Å². The van der Waals surface area contributed by atoms with Crippen molar-refractivity contribution in [3.05, 3.63) is 24.3 Å². The first kappa shape index (κ1) is 12.3. The maximum absolute atomic E-state index is 4.30. The molecule has 1 fully saturated rings. The second kappa shape index (κ2) is 5.08. The Morgan fingerprint density at radius 2 is 1.95 bits per heavy atom. The second-order valence-corrected chi connectivity index (χ2v) is 5.20. The van der Waals surface area contributed by atoms with Gasteiger partial charge in [0.2, 0.25) is 0 Å². The lowest BCUT2D eigenvalue weighted by Crippen LogP contribution is -2.21. The third-order valence-electron chi connectivity index (χ3n) is 3.25. The molecule has 2 aromatic rings. The van der Waals surface area contributed by atoms with E-state index in [0.717, 1.165) is 18.2 Å². The van der Waals surface area contributed by atoms with Crippen LogP contribution < -0.4 is 5.32 Å². The summed E-state index contributed by atoms with van der Waals surface area (Å²) in [6.07, 6.45) is 5.74. The van der Waals surface area contributed by atoms with E-state index in [9.17, 15) is 0 Å². The number of rotatable bonds is 6. The van der Waals surface area contributed by atoms with E-state index in [4.69, 9.17) is 0 Å². The van der Waals surface area contributed by atoms with Crippen LogP contribution in [0.15, 0.2) is 12.7 Å². The Labute approximate surface area is 112 Å². The molecule has 0 bridgehead atoms. The minimum absolute atomic E-state index is 0.300. The summed E-state index contributed by atoms with van der Waals surface area (Å²) in [5, 5.41) is 12.0. The minimum atomic E-state index is 0.300. The molecule has 3 rings (SSSR count). The van der Waals surface area contributed by atoms with Crippen molar-refractivity contribution < 1.29 is 0 Å². The molecule has 0 atom stereocenters. The van der Waals surface area contributed by atoms with Crippen LogP contribution in [0.25, 0.3) is 0 Å². The van der Waals surface area contributed by atoms with Crippen LogP contribution in [0.5, 0.6) is 0 Å². The van der Waals surface area contributed by atoms with E-state index in [1.165, 1.54) is 12.8 Å². The molecule has 1 aliphatic carbocycles. The van der Waals surface area contributed by atoms with Gasteiger partial charge in [-0.1, -0.05) is 0 Å². The topological polar surface area (TPSA) is 73.5 Å². The fraction of sp³-hybridized carbons (Fsp3) is 0.667. The van der Waals surface area contributed by atoms with Gasteiger partial charge >= 0.3 is 0 Å². The highest BCUT2D eigenvalue weighted by atomic mass is 15.4. The lowest BCUT2D eigenvalue weighted by Gasteiger charge is -2.10. The first-order chi connectivity index (χ1) is 9.24. The van der Waals surface area contributed by atoms with E-state index in [1.807, 2.05) is 9.36 Å². The highest BCUT2D eigenvalue weighted by molar-refractivity contribution is 4.94. The summed E-state index contributed by atoms with van der Waals surface area (Å²) >= 11 is 0. The number of hydrogen-bond acceptors (Lipinski definition) is 5. The van der Waals surface area contributed by atoms with Gasteiger partial charge in [0, 0.05) is 12.1 Å². The maximum atomic E-state index is 4.30. The molecule has 2 heterocycles. The SMILES string of the molecule is CC(C)n1ncnc1Cn1ncnc1CNC1CC1. The Hall–Kier alpha value is -1.76. The van der Waals surface area contributed by atoms with Crippen molar-refractivity contribution >= 4 is 0 Å². The van der Waals surface area contributed by atoms with Gasteiger partial charge < -0.3 is 5.32 Å². The molecule has 1 aliphatic rings. The van der Waals surface area contributed by atoms with Crippen LogP contribution in [0.4, 0.5) is 0 Å². The van der Waals surface area contributed by atoms with Crippen LogP contribution in [-0.2, 0) is 13.1 Å². The highest BCUT2D eigenvalue weighted by Crippen LogP contribution is 2.19. The Morgan fingerprint density at radius 1 is 1.21 bits per heavy atom. The second-order valence-electron chi connectivity index (χ2n) is 5.20. The van der Waals surface area contributed by atoms with Crippen LogP contribution in [0.1, 0.15) is 44.4 Å². The lowest BCUT2D eigenvalue weighted by molar-refractivity contribution is 0.479. The van der Waals surface area contributed by atoms with E-state index < -0.39 is 0 Å². The predicted molar refractivity (Wildman–Crippen MR) is 69.4 cm³/mol. The quantitative estimate of drug-likeness (QED) is 0.830. The van der Waals surface area contributed by atoms with E-state index in [-0.39, 0.29) is 0 Å². The van der Waals surface area contributed by atoms with Gasteiger partial charge in [-0.25, -0.2) is 19.3 Å². The fourth-order valence-corrected chi connectivity index (χ4v) is 2.03. The molecule has 102 valence electrons. The summed E-state index contributed by atoms with van der Waals surface area (Å²) in [4.78, 5) is 8.61. The van der Waals surface area contributed by atoms with Crippen LogP contribution in [0.2, 0.25) is 0 Å². The summed E-state index contributed by atoms with van der Waals surface area (Å²) in [6.45, 7) is 5.56. The zero-order valence-corrected chi connectivity index (χ0v) is 11.3. The van der Waals surface area contributed by atoms with Crippen molar-refractivity contribution in [2.24, 2.45) is 0 Å². The summed E-state index contributed by atoms with van der Waals surface area (Å²) in [5.41, 5.74) is 0. The summed E-state index contributed by atoms with van der Waals surface area (Å²) in [5.74, 6) is 1.86. The van der Waals surface area contributed by atoms with Crippen molar-refractivity contribution in [2.75, 3.05) is 0 Å². The summed E-state index contributed by atoms with van der Waals surface area (Å²) in [6, 6.07) is 0.971. The van der Waals surface area contributed by atoms with Gasteiger partial charge in [-0.05, 0) is 26.7 Å². The van der Waals surface area contributed by atoms with Crippen molar-refractivity contribution in [1.29, 1.82) is 0 Å². The number of hydrogen-bond donors (Lipinski definition) is 1. The molecule has 0 radical (unpaired) electrons. The maximum Gasteiger partial charge on any atom is 0.148 e. The van der Waals surface area contributed by atoms with Crippen molar-refractivity contribution in [1.82, 2.24) is 34.8 Å². The van der Waals surface area contributed by atoms with E-state index in [0.29, 0.717) is 18.6 Å². The van der Waals surface area contributed by atoms with E-state index >= 15 is 0 Å². The van der Waals surface area contributed by atoms with E-state index in [2.05, 4.69) is 39.3 Å². The first-order valence-corrected chi connectivity index (χ1v) is 6.72. The van der Waals surface area contributed by atoms with Crippen LogP contribution in [0.3, 0.4) is 0 Å². The zero-order chi connectivity index (χ0) is 13.2. The van der Waals surface area contributed by atoms with Gasteiger partial charge in [0.05, 0.1) is 6.54 Å². The van der Waals surface area contributed by atoms with Crippen molar-refractivity contribution in [2.45, 2.75) is 51.9 Å². The van der Waals surface area contributed by atoms with Gasteiger partial charge in [0.15, 0.2) is 0 Å². The minimum Gasteiger partial charge on any atom is -0.307 e.